The predicted molar refractivity (Wildman–Crippen MR) is 102 cm³/mol. The van der Waals surface area contributed by atoms with Crippen molar-refractivity contribution < 1.29 is 4.79 Å². The highest BCUT2D eigenvalue weighted by molar-refractivity contribution is 5.89. The molecule has 2 aliphatic heterocycles. The fourth-order valence-electron chi connectivity index (χ4n) is 4.16. The first-order chi connectivity index (χ1) is 12.0. The molecule has 0 radical (unpaired) electrons. The van der Waals surface area contributed by atoms with Crippen LogP contribution in [0.15, 0.2) is 24.3 Å². The number of urea groups is 1. The zero-order valence-electron chi connectivity index (χ0n) is 15.5. The average molecular weight is 345 g/mol. The predicted octanol–water partition coefficient (Wildman–Crippen LogP) is 1.78. The van der Waals surface area contributed by atoms with Crippen LogP contribution >= 0.6 is 0 Å². The number of nitrogens with zero attached hydrogens (tertiary/aromatic N) is 3. The molecule has 6 nitrogen and oxygen atoms in total. The Labute approximate surface area is 150 Å². The maximum Gasteiger partial charge on any atom is 0.321 e. The van der Waals surface area contributed by atoms with E-state index in [-0.39, 0.29) is 11.6 Å². The fraction of sp³-hybridized carbons (Fsp3) is 0.632. The monoisotopic (exact) mass is 345 g/mol. The summed E-state index contributed by atoms with van der Waals surface area (Å²) >= 11 is 0. The molecule has 6 heteroatoms. The summed E-state index contributed by atoms with van der Waals surface area (Å²) in [5.74, 6) is 0. The van der Waals surface area contributed by atoms with Gasteiger partial charge in [0.05, 0.1) is 0 Å². The van der Waals surface area contributed by atoms with Crippen LogP contribution in [-0.4, -0.2) is 73.1 Å². The molecule has 0 unspecified atom stereocenters. The molecule has 0 bridgehead atoms. The number of hydrogen-bond acceptors (Lipinski definition) is 4. The van der Waals surface area contributed by atoms with E-state index in [0.29, 0.717) is 6.54 Å². The lowest BCUT2D eigenvalue weighted by Crippen LogP contribution is -2.58. The molecule has 2 fully saturated rings. The van der Waals surface area contributed by atoms with E-state index >= 15 is 0 Å². The number of benzene rings is 1. The number of nitrogens with two attached hydrogens (primary N) is 1. The van der Waals surface area contributed by atoms with E-state index in [2.05, 4.69) is 29.2 Å². The van der Waals surface area contributed by atoms with E-state index < -0.39 is 0 Å². The number of carbonyl (C=O) groups is 1. The molecular weight excluding hydrogens is 314 g/mol. The molecule has 25 heavy (non-hydrogen) atoms. The second-order valence-electron chi connectivity index (χ2n) is 7.56. The van der Waals surface area contributed by atoms with Crippen molar-refractivity contribution in [3.05, 3.63) is 29.8 Å². The van der Waals surface area contributed by atoms with Gasteiger partial charge in [-0.25, -0.2) is 4.79 Å². The van der Waals surface area contributed by atoms with Crippen molar-refractivity contribution in [1.29, 1.82) is 0 Å². The lowest BCUT2D eigenvalue weighted by Gasteiger charge is -2.47. The van der Waals surface area contributed by atoms with E-state index in [1.807, 2.05) is 29.2 Å². The largest absolute Gasteiger partial charge is 0.326 e. The summed E-state index contributed by atoms with van der Waals surface area (Å²) in [6.45, 7) is 5.49. The molecule has 1 aromatic rings. The SMILES string of the molecule is CN1CCCN(C)C2(CCN(C(=O)Nc3cccc(CN)c3)CC2)C1. The molecule has 138 valence electrons. The summed E-state index contributed by atoms with van der Waals surface area (Å²) in [7, 11) is 4.46. The Kier molecular flexibility index (Phi) is 5.61. The maximum atomic E-state index is 12.6. The van der Waals surface area contributed by atoms with Crippen molar-refractivity contribution in [2.24, 2.45) is 5.73 Å². The normalized spacial score (nSPS) is 22.0. The molecular formula is C19H31N5O. The van der Waals surface area contributed by atoms with Crippen molar-refractivity contribution in [3.8, 4) is 0 Å². The summed E-state index contributed by atoms with van der Waals surface area (Å²) in [6.07, 6.45) is 3.28. The van der Waals surface area contributed by atoms with Crippen molar-refractivity contribution in [2.75, 3.05) is 52.1 Å². The molecule has 1 spiro atoms. The quantitative estimate of drug-likeness (QED) is 0.858. The number of anilines is 1. The number of piperidine rings is 1. The molecule has 3 rings (SSSR count). The number of nitrogens with one attached hydrogen (secondary N) is 1. The highest BCUT2D eigenvalue weighted by Gasteiger charge is 2.40. The minimum absolute atomic E-state index is 0.00588. The number of likely N-dealkylation sites (N-methyl/N-ethyl adjacent to an activating group) is 2. The van der Waals surface area contributed by atoms with Gasteiger partial charge in [-0.3, -0.25) is 4.90 Å². The van der Waals surface area contributed by atoms with Gasteiger partial charge in [0.15, 0.2) is 0 Å². The molecule has 0 saturated carbocycles. The summed E-state index contributed by atoms with van der Waals surface area (Å²) < 4.78 is 0. The molecule has 2 amide bonds. The van der Waals surface area contributed by atoms with Gasteiger partial charge in [-0.1, -0.05) is 12.1 Å². The molecule has 2 heterocycles. The first-order valence-corrected chi connectivity index (χ1v) is 9.27. The van der Waals surface area contributed by atoms with Gasteiger partial charge in [0.2, 0.25) is 0 Å². The van der Waals surface area contributed by atoms with Crippen molar-refractivity contribution in [3.63, 3.8) is 0 Å². The number of likely N-dealkylation sites (tertiary alicyclic amines) is 1. The van der Waals surface area contributed by atoms with Gasteiger partial charge in [0, 0.05) is 37.4 Å². The van der Waals surface area contributed by atoms with E-state index in [1.54, 1.807) is 0 Å². The van der Waals surface area contributed by atoms with Crippen molar-refractivity contribution in [2.45, 2.75) is 31.3 Å². The van der Waals surface area contributed by atoms with E-state index in [0.717, 1.165) is 56.8 Å². The molecule has 2 aliphatic rings. The third kappa shape index (κ3) is 4.14. The molecule has 1 aromatic carbocycles. The number of rotatable bonds is 2. The van der Waals surface area contributed by atoms with E-state index in [9.17, 15) is 4.79 Å². The minimum atomic E-state index is -0.00588. The molecule has 0 atom stereocenters. The molecule has 0 aliphatic carbocycles. The smallest absolute Gasteiger partial charge is 0.321 e. The van der Waals surface area contributed by atoms with Crippen LogP contribution in [0.2, 0.25) is 0 Å². The van der Waals surface area contributed by atoms with Crippen LogP contribution in [-0.2, 0) is 6.54 Å². The fourth-order valence-corrected chi connectivity index (χ4v) is 4.16. The van der Waals surface area contributed by atoms with Gasteiger partial charge >= 0.3 is 6.03 Å². The Morgan fingerprint density at radius 1 is 1.20 bits per heavy atom. The van der Waals surface area contributed by atoms with Gasteiger partial charge in [-0.05, 0) is 64.1 Å². The van der Waals surface area contributed by atoms with E-state index in [4.69, 9.17) is 5.73 Å². The van der Waals surface area contributed by atoms with Gasteiger partial charge in [0.25, 0.3) is 0 Å². The Hall–Kier alpha value is -1.63. The third-order valence-electron chi connectivity index (χ3n) is 5.80. The van der Waals surface area contributed by atoms with Crippen LogP contribution in [0.3, 0.4) is 0 Å². The van der Waals surface area contributed by atoms with Crippen molar-refractivity contribution >= 4 is 11.7 Å². The van der Waals surface area contributed by atoms with E-state index in [1.165, 1.54) is 6.42 Å². The third-order valence-corrected chi connectivity index (χ3v) is 5.80. The molecule has 0 aromatic heterocycles. The lowest BCUT2D eigenvalue weighted by molar-refractivity contribution is 0.0442. The van der Waals surface area contributed by atoms with Gasteiger partial charge < -0.3 is 20.9 Å². The Balaban J connectivity index is 1.60. The molecule has 2 saturated heterocycles. The summed E-state index contributed by atoms with van der Waals surface area (Å²) in [5, 5.41) is 3.02. The van der Waals surface area contributed by atoms with Crippen LogP contribution in [0.1, 0.15) is 24.8 Å². The Morgan fingerprint density at radius 2 is 1.96 bits per heavy atom. The van der Waals surface area contributed by atoms with Gasteiger partial charge in [0.1, 0.15) is 0 Å². The van der Waals surface area contributed by atoms with Gasteiger partial charge in [-0.15, -0.1) is 0 Å². The highest BCUT2D eigenvalue weighted by atomic mass is 16.2. The molecule has 3 N–H and O–H groups in total. The zero-order chi connectivity index (χ0) is 17.9. The summed E-state index contributed by atoms with van der Waals surface area (Å²) in [6, 6.07) is 7.75. The Morgan fingerprint density at radius 3 is 2.68 bits per heavy atom. The van der Waals surface area contributed by atoms with Crippen LogP contribution in [0.5, 0.6) is 0 Å². The topological polar surface area (TPSA) is 64.8 Å². The Bertz CT molecular complexity index is 597. The lowest BCUT2D eigenvalue weighted by atomic mass is 9.85. The first kappa shape index (κ1) is 18.2. The number of carbonyl (C=O) groups excluding carboxylic acids is 1. The second kappa shape index (κ2) is 7.72. The average Bonchev–Trinajstić information content (AvgIpc) is 2.74. The zero-order valence-corrected chi connectivity index (χ0v) is 15.5. The van der Waals surface area contributed by atoms with Crippen LogP contribution in [0, 0.1) is 0 Å². The summed E-state index contributed by atoms with van der Waals surface area (Å²) in [5.41, 5.74) is 7.73. The second-order valence-corrected chi connectivity index (χ2v) is 7.56. The first-order valence-electron chi connectivity index (χ1n) is 9.27. The standard InChI is InChI=1S/C19H31N5O/c1-22-9-4-10-23(2)19(15-22)7-11-24(12-8-19)18(25)21-17-6-3-5-16(13-17)14-20/h3,5-6,13H,4,7-12,14-15,20H2,1-2H3,(H,21,25). The maximum absolute atomic E-state index is 12.6. The number of amides is 2. The summed E-state index contributed by atoms with van der Waals surface area (Å²) in [4.78, 5) is 19.5. The van der Waals surface area contributed by atoms with Crippen LogP contribution in [0.25, 0.3) is 0 Å². The van der Waals surface area contributed by atoms with Crippen molar-refractivity contribution in [1.82, 2.24) is 14.7 Å². The van der Waals surface area contributed by atoms with Crippen LogP contribution in [0.4, 0.5) is 10.5 Å². The number of hydrogen-bond donors (Lipinski definition) is 2. The highest BCUT2D eigenvalue weighted by Crippen LogP contribution is 2.31. The van der Waals surface area contributed by atoms with Gasteiger partial charge in [-0.2, -0.15) is 0 Å². The minimum Gasteiger partial charge on any atom is -0.326 e. The van der Waals surface area contributed by atoms with Crippen LogP contribution < -0.4 is 11.1 Å².